The van der Waals surface area contributed by atoms with Crippen molar-refractivity contribution >= 4 is 17.6 Å². The van der Waals surface area contributed by atoms with Crippen molar-refractivity contribution in [3.63, 3.8) is 0 Å². The minimum atomic E-state index is -0.304. The first kappa shape index (κ1) is 19.3. The molecule has 1 aromatic carbocycles. The molecule has 0 unspecified atom stereocenters. The Morgan fingerprint density at radius 3 is 2.39 bits per heavy atom. The number of nitrogens with zero attached hydrogens (tertiary/aromatic N) is 4. The van der Waals surface area contributed by atoms with Gasteiger partial charge in [-0.2, -0.15) is 10.2 Å². The summed E-state index contributed by atoms with van der Waals surface area (Å²) in [6.45, 7) is 4.24. The van der Waals surface area contributed by atoms with Gasteiger partial charge in [0.1, 0.15) is 5.82 Å². The maximum atomic E-state index is 12.5. The zero-order valence-electron chi connectivity index (χ0n) is 16.5. The summed E-state index contributed by atoms with van der Waals surface area (Å²) in [6, 6.07) is 11.0. The standard InChI is InChI=1S/C20H24N6O2/c1-13-16(14(2)25(3)23-13)12-21-20(28)17-11-18(26(4)24-17)22-19(27)10-15-8-6-5-7-9-15/h5-9,11H,10,12H2,1-4H3,(H,21,28)(H,22,27). The third-order valence-electron chi connectivity index (χ3n) is 4.67. The van der Waals surface area contributed by atoms with Crippen LogP contribution in [0.15, 0.2) is 36.4 Å². The summed E-state index contributed by atoms with van der Waals surface area (Å²) in [5.74, 6) is 0.00407. The number of nitrogens with one attached hydrogen (secondary N) is 2. The monoisotopic (exact) mass is 380 g/mol. The van der Waals surface area contributed by atoms with Gasteiger partial charge in [0, 0.05) is 38.0 Å². The van der Waals surface area contributed by atoms with Crippen molar-refractivity contribution in [1.29, 1.82) is 0 Å². The number of aryl methyl sites for hydroxylation is 3. The van der Waals surface area contributed by atoms with Gasteiger partial charge in [0.15, 0.2) is 5.69 Å². The smallest absolute Gasteiger partial charge is 0.272 e. The van der Waals surface area contributed by atoms with E-state index in [1.807, 2.05) is 51.2 Å². The molecule has 0 atom stereocenters. The highest BCUT2D eigenvalue weighted by Crippen LogP contribution is 2.13. The van der Waals surface area contributed by atoms with E-state index in [4.69, 9.17) is 0 Å². The average molecular weight is 380 g/mol. The summed E-state index contributed by atoms with van der Waals surface area (Å²) in [5.41, 5.74) is 4.05. The minimum Gasteiger partial charge on any atom is -0.346 e. The molecular weight excluding hydrogens is 356 g/mol. The molecule has 146 valence electrons. The average Bonchev–Trinajstić information content (AvgIpc) is 3.13. The Hall–Kier alpha value is -3.42. The molecule has 0 aliphatic heterocycles. The normalized spacial score (nSPS) is 10.7. The Kier molecular flexibility index (Phi) is 5.58. The van der Waals surface area contributed by atoms with Gasteiger partial charge >= 0.3 is 0 Å². The third kappa shape index (κ3) is 4.28. The van der Waals surface area contributed by atoms with Crippen molar-refractivity contribution < 1.29 is 9.59 Å². The molecule has 0 bridgehead atoms. The molecule has 3 rings (SSSR count). The summed E-state index contributed by atoms with van der Waals surface area (Å²) in [4.78, 5) is 24.7. The molecule has 2 heterocycles. The maximum Gasteiger partial charge on any atom is 0.272 e. The van der Waals surface area contributed by atoms with E-state index in [2.05, 4.69) is 20.8 Å². The molecule has 0 radical (unpaired) electrons. The Morgan fingerprint density at radius 1 is 1.04 bits per heavy atom. The van der Waals surface area contributed by atoms with Crippen molar-refractivity contribution in [3.8, 4) is 0 Å². The Bertz CT molecular complexity index is 1000. The lowest BCUT2D eigenvalue weighted by atomic mass is 10.1. The lowest BCUT2D eigenvalue weighted by molar-refractivity contribution is -0.115. The number of aromatic nitrogens is 4. The van der Waals surface area contributed by atoms with Gasteiger partial charge in [-0.25, -0.2) is 0 Å². The summed E-state index contributed by atoms with van der Waals surface area (Å²) in [5, 5.41) is 14.2. The van der Waals surface area contributed by atoms with Gasteiger partial charge in [0.2, 0.25) is 5.91 Å². The molecule has 8 nitrogen and oxygen atoms in total. The fourth-order valence-corrected chi connectivity index (χ4v) is 3.00. The van der Waals surface area contributed by atoms with Crippen LogP contribution < -0.4 is 10.6 Å². The molecular formula is C20H24N6O2. The number of carbonyl (C=O) groups is 2. The molecule has 2 aromatic heterocycles. The first-order valence-electron chi connectivity index (χ1n) is 9.00. The summed E-state index contributed by atoms with van der Waals surface area (Å²) < 4.78 is 3.27. The number of benzene rings is 1. The van der Waals surface area contributed by atoms with E-state index in [1.54, 1.807) is 17.8 Å². The minimum absolute atomic E-state index is 0.164. The molecule has 0 aliphatic carbocycles. The van der Waals surface area contributed by atoms with Crippen LogP contribution in [0.3, 0.4) is 0 Å². The van der Waals surface area contributed by atoms with Crippen molar-refractivity contribution in [2.45, 2.75) is 26.8 Å². The van der Waals surface area contributed by atoms with Gasteiger partial charge in [-0.15, -0.1) is 0 Å². The van der Waals surface area contributed by atoms with Crippen LogP contribution in [-0.4, -0.2) is 31.4 Å². The van der Waals surface area contributed by atoms with E-state index < -0.39 is 0 Å². The second-order valence-electron chi connectivity index (χ2n) is 6.70. The lowest BCUT2D eigenvalue weighted by Crippen LogP contribution is -2.24. The van der Waals surface area contributed by atoms with Gasteiger partial charge in [0.05, 0.1) is 12.1 Å². The first-order chi connectivity index (χ1) is 13.3. The summed E-state index contributed by atoms with van der Waals surface area (Å²) >= 11 is 0. The zero-order valence-corrected chi connectivity index (χ0v) is 16.5. The molecule has 3 aromatic rings. The van der Waals surface area contributed by atoms with Crippen molar-refractivity contribution in [3.05, 3.63) is 64.6 Å². The number of hydrogen-bond acceptors (Lipinski definition) is 4. The predicted octanol–water partition coefficient (Wildman–Crippen LogP) is 1.88. The third-order valence-corrected chi connectivity index (χ3v) is 4.67. The first-order valence-corrected chi connectivity index (χ1v) is 9.00. The zero-order chi connectivity index (χ0) is 20.3. The number of anilines is 1. The van der Waals surface area contributed by atoms with Gasteiger partial charge in [-0.3, -0.25) is 19.0 Å². The van der Waals surface area contributed by atoms with Crippen LogP contribution in [0.4, 0.5) is 5.82 Å². The largest absolute Gasteiger partial charge is 0.346 e. The molecule has 0 aliphatic rings. The van der Waals surface area contributed by atoms with E-state index in [-0.39, 0.29) is 23.9 Å². The van der Waals surface area contributed by atoms with Crippen LogP contribution in [0.2, 0.25) is 0 Å². The molecule has 28 heavy (non-hydrogen) atoms. The number of amides is 2. The molecule has 0 spiro atoms. The van der Waals surface area contributed by atoms with Gasteiger partial charge < -0.3 is 10.6 Å². The highest BCUT2D eigenvalue weighted by Gasteiger charge is 2.16. The van der Waals surface area contributed by atoms with Crippen LogP contribution in [0.5, 0.6) is 0 Å². The van der Waals surface area contributed by atoms with Crippen molar-refractivity contribution in [1.82, 2.24) is 24.9 Å². The second kappa shape index (κ2) is 8.08. The highest BCUT2D eigenvalue weighted by molar-refractivity contribution is 5.95. The quantitative estimate of drug-likeness (QED) is 0.683. The highest BCUT2D eigenvalue weighted by atomic mass is 16.2. The van der Waals surface area contributed by atoms with E-state index in [0.717, 1.165) is 22.5 Å². The number of carbonyl (C=O) groups excluding carboxylic acids is 2. The van der Waals surface area contributed by atoms with Crippen LogP contribution in [-0.2, 0) is 31.9 Å². The number of hydrogen-bond donors (Lipinski definition) is 2. The number of rotatable bonds is 6. The van der Waals surface area contributed by atoms with Gasteiger partial charge in [0.25, 0.3) is 5.91 Å². The van der Waals surface area contributed by atoms with Crippen LogP contribution >= 0.6 is 0 Å². The predicted molar refractivity (Wildman–Crippen MR) is 106 cm³/mol. The van der Waals surface area contributed by atoms with E-state index in [1.165, 1.54) is 4.68 Å². The second-order valence-corrected chi connectivity index (χ2v) is 6.70. The Morgan fingerprint density at radius 2 is 1.75 bits per heavy atom. The van der Waals surface area contributed by atoms with E-state index in [0.29, 0.717) is 12.4 Å². The van der Waals surface area contributed by atoms with Crippen LogP contribution in [0.25, 0.3) is 0 Å². The fourth-order valence-electron chi connectivity index (χ4n) is 3.00. The lowest BCUT2D eigenvalue weighted by Gasteiger charge is -2.04. The maximum absolute atomic E-state index is 12.5. The topological polar surface area (TPSA) is 93.8 Å². The van der Waals surface area contributed by atoms with Gasteiger partial charge in [-0.05, 0) is 19.4 Å². The van der Waals surface area contributed by atoms with E-state index in [9.17, 15) is 9.59 Å². The van der Waals surface area contributed by atoms with Crippen LogP contribution in [0, 0.1) is 13.8 Å². The molecule has 0 fully saturated rings. The fraction of sp³-hybridized carbons (Fsp3) is 0.300. The molecule has 0 saturated heterocycles. The molecule has 2 N–H and O–H groups in total. The Labute approximate surface area is 163 Å². The van der Waals surface area contributed by atoms with Crippen LogP contribution in [0.1, 0.15) is 33.0 Å². The van der Waals surface area contributed by atoms with Crippen molar-refractivity contribution in [2.24, 2.45) is 14.1 Å². The van der Waals surface area contributed by atoms with Crippen molar-refractivity contribution in [2.75, 3.05) is 5.32 Å². The van der Waals surface area contributed by atoms with Gasteiger partial charge in [-0.1, -0.05) is 30.3 Å². The van der Waals surface area contributed by atoms with E-state index >= 15 is 0 Å². The molecule has 0 saturated carbocycles. The Balaban J connectivity index is 1.62. The summed E-state index contributed by atoms with van der Waals surface area (Å²) in [6.07, 6.45) is 0.257. The SMILES string of the molecule is Cc1nn(C)c(C)c1CNC(=O)c1cc(NC(=O)Cc2ccccc2)n(C)n1. The summed E-state index contributed by atoms with van der Waals surface area (Å²) in [7, 11) is 3.56. The molecule has 2 amide bonds. The molecule has 8 heteroatoms.